The minimum atomic E-state index is 0.134. The van der Waals surface area contributed by atoms with Crippen LogP contribution in [0.1, 0.15) is 43.7 Å². The first-order valence-corrected chi connectivity index (χ1v) is 6.15. The highest BCUT2D eigenvalue weighted by Gasteiger charge is 2.00. The predicted molar refractivity (Wildman–Crippen MR) is 70.4 cm³/mol. The summed E-state index contributed by atoms with van der Waals surface area (Å²) in [7, 11) is 0. The van der Waals surface area contributed by atoms with Crippen molar-refractivity contribution in [2.45, 2.75) is 39.5 Å². The molecule has 16 heavy (non-hydrogen) atoms. The highest BCUT2D eigenvalue weighted by molar-refractivity contribution is 5.65. The molecule has 88 valence electrons. The quantitative estimate of drug-likeness (QED) is 0.717. The summed E-state index contributed by atoms with van der Waals surface area (Å²) in [5.74, 6) is 0. The average Bonchev–Trinajstić information content (AvgIpc) is 2.29. The van der Waals surface area contributed by atoms with E-state index in [9.17, 15) is 0 Å². The van der Waals surface area contributed by atoms with Gasteiger partial charge in [-0.1, -0.05) is 55.7 Å². The van der Waals surface area contributed by atoms with Gasteiger partial charge in [-0.3, -0.25) is 0 Å². The van der Waals surface area contributed by atoms with E-state index in [-0.39, 0.29) is 6.61 Å². The first kappa shape index (κ1) is 13.0. The second kappa shape index (κ2) is 7.24. The molecule has 0 aliphatic rings. The van der Waals surface area contributed by atoms with Gasteiger partial charge in [-0.2, -0.15) is 0 Å². The first-order valence-electron chi connectivity index (χ1n) is 6.15. The Morgan fingerprint density at radius 1 is 1.19 bits per heavy atom. The van der Waals surface area contributed by atoms with Crippen molar-refractivity contribution in [3.05, 3.63) is 41.5 Å². The molecule has 0 unspecified atom stereocenters. The summed E-state index contributed by atoms with van der Waals surface area (Å²) in [6.45, 7) is 4.44. The Labute approximate surface area is 98.8 Å². The van der Waals surface area contributed by atoms with Crippen LogP contribution in [0.2, 0.25) is 0 Å². The van der Waals surface area contributed by atoms with E-state index in [1.807, 2.05) is 6.08 Å². The van der Waals surface area contributed by atoms with Gasteiger partial charge in [0, 0.05) is 0 Å². The van der Waals surface area contributed by atoms with Crippen molar-refractivity contribution in [3.8, 4) is 0 Å². The maximum atomic E-state index is 9.03. The highest BCUT2D eigenvalue weighted by atomic mass is 16.2. The number of unbranched alkanes of at least 4 members (excludes halogenated alkanes) is 2. The van der Waals surface area contributed by atoms with Gasteiger partial charge in [0.2, 0.25) is 0 Å². The molecule has 0 bridgehead atoms. The van der Waals surface area contributed by atoms with Gasteiger partial charge in [0.25, 0.3) is 0 Å². The van der Waals surface area contributed by atoms with Crippen LogP contribution in [0.3, 0.4) is 0 Å². The molecule has 0 spiro atoms. The minimum Gasteiger partial charge on any atom is -0.392 e. The van der Waals surface area contributed by atoms with Crippen molar-refractivity contribution in [2.75, 3.05) is 6.61 Å². The van der Waals surface area contributed by atoms with Crippen LogP contribution in [0.4, 0.5) is 0 Å². The van der Waals surface area contributed by atoms with E-state index in [2.05, 4.69) is 38.1 Å². The van der Waals surface area contributed by atoms with Gasteiger partial charge in [0.15, 0.2) is 0 Å². The van der Waals surface area contributed by atoms with E-state index in [0.29, 0.717) is 0 Å². The third kappa shape index (κ3) is 4.19. The van der Waals surface area contributed by atoms with Crippen molar-refractivity contribution >= 4 is 5.57 Å². The summed E-state index contributed by atoms with van der Waals surface area (Å²) in [6.07, 6.45) is 6.70. The Morgan fingerprint density at radius 3 is 2.44 bits per heavy atom. The molecule has 1 aromatic carbocycles. The van der Waals surface area contributed by atoms with Crippen molar-refractivity contribution in [1.82, 2.24) is 0 Å². The van der Waals surface area contributed by atoms with Crippen LogP contribution < -0.4 is 0 Å². The maximum absolute atomic E-state index is 9.03. The standard InChI is InChI=1S/C15H22O/c1-3-4-5-6-14(11-12-16)15-9-7-13(2)8-10-15/h7-11,16H,3-6,12H2,1-2H3/b14-11+. The Morgan fingerprint density at radius 2 is 1.88 bits per heavy atom. The summed E-state index contributed by atoms with van der Waals surface area (Å²) in [5, 5.41) is 9.03. The molecule has 1 N–H and O–H groups in total. The monoisotopic (exact) mass is 218 g/mol. The normalized spacial score (nSPS) is 11.8. The third-order valence-electron chi connectivity index (χ3n) is 2.81. The van der Waals surface area contributed by atoms with E-state index in [0.717, 1.165) is 6.42 Å². The second-order valence-corrected chi connectivity index (χ2v) is 4.24. The van der Waals surface area contributed by atoms with Crippen molar-refractivity contribution in [1.29, 1.82) is 0 Å². The van der Waals surface area contributed by atoms with E-state index < -0.39 is 0 Å². The number of rotatable bonds is 6. The number of hydrogen-bond donors (Lipinski definition) is 1. The van der Waals surface area contributed by atoms with Crippen LogP contribution in [0.25, 0.3) is 5.57 Å². The average molecular weight is 218 g/mol. The first-order chi connectivity index (χ1) is 7.77. The lowest BCUT2D eigenvalue weighted by molar-refractivity contribution is 0.343. The SMILES string of the molecule is CCCCC/C(=C\CO)c1ccc(C)cc1. The molecule has 1 nitrogen and oxygen atoms in total. The minimum absolute atomic E-state index is 0.134. The molecule has 0 radical (unpaired) electrons. The second-order valence-electron chi connectivity index (χ2n) is 4.24. The lowest BCUT2D eigenvalue weighted by Crippen LogP contribution is -1.88. The van der Waals surface area contributed by atoms with E-state index in [4.69, 9.17) is 5.11 Å². The Hall–Kier alpha value is -1.08. The van der Waals surface area contributed by atoms with E-state index in [1.54, 1.807) is 0 Å². The number of aliphatic hydroxyl groups is 1. The maximum Gasteiger partial charge on any atom is 0.0618 e. The van der Waals surface area contributed by atoms with Gasteiger partial charge in [-0.05, 0) is 30.9 Å². The molecule has 0 aliphatic heterocycles. The summed E-state index contributed by atoms with van der Waals surface area (Å²) in [4.78, 5) is 0. The van der Waals surface area contributed by atoms with Crippen LogP contribution in [-0.4, -0.2) is 11.7 Å². The summed E-state index contributed by atoms with van der Waals surface area (Å²) in [5.41, 5.74) is 3.80. The molecule has 1 rings (SSSR count). The van der Waals surface area contributed by atoms with Crippen LogP contribution in [0.5, 0.6) is 0 Å². The van der Waals surface area contributed by atoms with E-state index in [1.165, 1.54) is 36.0 Å². The fraction of sp³-hybridized carbons (Fsp3) is 0.467. The number of aliphatic hydroxyl groups excluding tert-OH is 1. The van der Waals surface area contributed by atoms with E-state index >= 15 is 0 Å². The van der Waals surface area contributed by atoms with Gasteiger partial charge in [-0.15, -0.1) is 0 Å². The van der Waals surface area contributed by atoms with Gasteiger partial charge in [0.05, 0.1) is 6.61 Å². The smallest absolute Gasteiger partial charge is 0.0618 e. The zero-order valence-corrected chi connectivity index (χ0v) is 10.4. The van der Waals surface area contributed by atoms with Crippen LogP contribution in [0, 0.1) is 6.92 Å². The van der Waals surface area contributed by atoms with Gasteiger partial charge in [0.1, 0.15) is 0 Å². The molecule has 0 saturated carbocycles. The lowest BCUT2D eigenvalue weighted by Gasteiger charge is -2.07. The molecule has 0 aromatic heterocycles. The van der Waals surface area contributed by atoms with Crippen LogP contribution >= 0.6 is 0 Å². The largest absolute Gasteiger partial charge is 0.392 e. The molecule has 0 amide bonds. The molecule has 0 aliphatic carbocycles. The van der Waals surface area contributed by atoms with Crippen molar-refractivity contribution in [2.24, 2.45) is 0 Å². The lowest BCUT2D eigenvalue weighted by atomic mass is 9.98. The fourth-order valence-corrected chi connectivity index (χ4v) is 1.81. The predicted octanol–water partition coefficient (Wildman–Crippen LogP) is 3.95. The van der Waals surface area contributed by atoms with Crippen molar-refractivity contribution in [3.63, 3.8) is 0 Å². The molecule has 0 fully saturated rings. The Kier molecular flexibility index (Phi) is 5.87. The Balaban J connectivity index is 2.70. The molecule has 1 aromatic rings. The summed E-state index contributed by atoms with van der Waals surface area (Å²) < 4.78 is 0. The Bertz CT molecular complexity index is 322. The summed E-state index contributed by atoms with van der Waals surface area (Å²) >= 11 is 0. The van der Waals surface area contributed by atoms with Crippen molar-refractivity contribution < 1.29 is 5.11 Å². The number of hydrogen-bond acceptors (Lipinski definition) is 1. The number of allylic oxidation sites excluding steroid dienone is 1. The summed E-state index contributed by atoms with van der Waals surface area (Å²) in [6, 6.07) is 8.53. The third-order valence-corrected chi connectivity index (χ3v) is 2.81. The zero-order valence-electron chi connectivity index (χ0n) is 10.4. The molecule has 0 heterocycles. The molecule has 0 atom stereocenters. The number of aryl methyl sites for hydroxylation is 1. The topological polar surface area (TPSA) is 20.2 Å². The molecular weight excluding hydrogens is 196 g/mol. The van der Waals surface area contributed by atoms with Gasteiger partial charge < -0.3 is 5.11 Å². The molecule has 1 heteroatoms. The van der Waals surface area contributed by atoms with Crippen LogP contribution in [0.15, 0.2) is 30.3 Å². The molecular formula is C15H22O. The highest BCUT2D eigenvalue weighted by Crippen LogP contribution is 2.21. The zero-order chi connectivity index (χ0) is 11.8. The van der Waals surface area contributed by atoms with Gasteiger partial charge in [-0.25, -0.2) is 0 Å². The molecule has 0 saturated heterocycles. The van der Waals surface area contributed by atoms with Crippen LogP contribution in [-0.2, 0) is 0 Å². The number of benzene rings is 1. The van der Waals surface area contributed by atoms with Gasteiger partial charge >= 0.3 is 0 Å². The fourth-order valence-electron chi connectivity index (χ4n) is 1.81.